The van der Waals surface area contributed by atoms with Crippen LogP contribution in [0.2, 0.25) is 0 Å². The van der Waals surface area contributed by atoms with Crippen molar-refractivity contribution < 1.29 is 14.3 Å². The third kappa shape index (κ3) is 2.04. The minimum Gasteiger partial charge on any atom is -0.370 e. The lowest BCUT2D eigenvalue weighted by Crippen LogP contribution is -2.25. The third-order valence-electron chi connectivity index (χ3n) is 5.06. The molecule has 2 heterocycles. The first-order valence-corrected chi connectivity index (χ1v) is 7.13. The summed E-state index contributed by atoms with van der Waals surface area (Å²) < 4.78 is 11.0. The van der Waals surface area contributed by atoms with Crippen molar-refractivity contribution in [2.75, 3.05) is 0 Å². The van der Waals surface area contributed by atoms with Crippen LogP contribution < -0.4 is 0 Å². The highest BCUT2D eigenvalue weighted by atomic mass is 16.6. The van der Waals surface area contributed by atoms with Gasteiger partial charge in [0.15, 0.2) is 0 Å². The van der Waals surface area contributed by atoms with E-state index in [-0.39, 0.29) is 0 Å². The fraction of sp³-hybridized carbons (Fsp3) is 0.929. The Labute approximate surface area is 102 Å². The molecule has 4 aliphatic rings. The molecule has 0 bridgehead atoms. The molecule has 4 rings (SSSR count). The fourth-order valence-electron chi connectivity index (χ4n) is 3.82. The Bertz CT molecular complexity index is 340. The van der Waals surface area contributed by atoms with Crippen molar-refractivity contribution in [2.24, 2.45) is 11.8 Å². The van der Waals surface area contributed by atoms with Gasteiger partial charge in [0, 0.05) is 12.3 Å². The molecular weight excluding hydrogens is 216 g/mol. The van der Waals surface area contributed by atoms with Crippen LogP contribution in [0.3, 0.4) is 0 Å². The second-order valence-electron chi connectivity index (χ2n) is 6.29. The average molecular weight is 236 g/mol. The van der Waals surface area contributed by atoms with Crippen LogP contribution in [-0.2, 0) is 14.3 Å². The highest BCUT2D eigenvalue weighted by Gasteiger charge is 2.47. The molecule has 17 heavy (non-hydrogen) atoms. The molecule has 2 aliphatic heterocycles. The van der Waals surface area contributed by atoms with E-state index in [1.807, 2.05) is 0 Å². The van der Waals surface area contributed by atoms with Crippen LogP contribution in [0.25, 0.3) is 0 Å². The number of ether oxygens (including phenoxy) is 2. The maximum atomic E-state index is 12.3. The summed E-state index contributed by atoms with van der Waals surface area (Å²) in [6, 6.07) is 0. The Morgan fingerprint density at radius 2 is 1.59 bits per heavy atom. The normalized spacial score (nSPS) is 51.3. The van der Waals surface area contributed by atoms with Gasteiger partial charge in [0.25, 0.3) is 0 Å². The number of carbonyl (C=O) groups excluding carboxylic acids is 1. The zero-order valence-electron chi connectivity index (χ0n) is 10.1. The Morgan fingerprint density at radius 3 is 2.29 bits per heavy atom. The lowest BCUT2D eigenvalue weighted by atomic mass is 9.79. The Hall–Kier alpha value is -0.410. The summed E-state index contributed by atoms with van der Waals surface area (Å²) in [6.07, 6.45) is 9.48. The van der Waals surface area contributed by atoms with Gasteiger partial charge in [0.1, 0.15) is 5.78 Å². The first-order chi connectivity index (χ1) is 8.29. The molecule has 4 fully saturated rings. The number of rotatable bonds is 3. The summed E-state index contributed by atoms with van der Waals surface area (Å²) in [5.74, 6) is 1.41. The second-order valence-corrected chi connectivity index (χ2v) is 6.29. The number of Topliss-reactive ketones (excluding diaryl/α,β-unsaturated/α-hetero) is 1. The predicted octanol–water partition coefficient (Wildman–Crippen LogP) is 2.08. The van der Waals surface area contributed by atoms with Gasteiger partial charge in [-0.1, -0.05) is 0 Å². The summed E-state index contributed by atoms with van der Waals surface area (Å²) >= 11 is 0. The molecule has 0 aromatic rings. The van der Waals surface area contributed by atoms with Gasteiger partial charge in [-0.3, -0.25) is 4.79 Å². The molecule has 0 aromatic carbocycles. The number of hydrogen-bond donors (Lipinski definition) is 0. The van der Waals surface area contributed by atoms with Gasteiger partial charge in [-0.05, 0) is 44.4 Å². The number of carbonyl (C=O) groups is 1. The van der Waals surface area contributed by atoms with Gasteiger partial charge in [0.2, 0.25) is 0 Å². The van der Waals surface area contributed by atoms with Gasteiger partial charge in [0.05, 0.1) is 24.4 Å². The van der Waals surface area contributed by atoms with Gasteiger partial charge < -0.3 is 9.47 Å². The van der Waals surface area contributed by atoms with Gasteiger partial charge in [-0.25, -0.2) is 0 Å². The van der Waals surface area contributed by atoms with Gasteiger partial charge in [-0.15, -0.1) is 0 Å². The maximum Gasteiger partial charge on any atom is 0.136 e. The van der Waals surface area contributed by atoms with Crippen LogP contribution in [0.5, 0.6) is 0 Å². The SMILES string of the molecule is O=C(CC1CCC2OC2C1)C1CCC2OC2C1. The van der Waals surface area contributed by atoms with Crippen molar-refractivity contribution >= 4 is 5.78 Å². The van der Waals surface area contributed by atoms with Crippen molar-refractivity contribution in [3.63, 3.8) is 0 Å². The highest BCUT2D eigenvalue weighted by Crippen LogP contribution is 2.43. The Kier molecular flexibility index (Phi) is 2.34. The van der Waals surface area contributed by atoms with Crippen molar-refractivity contribution in [1.82, 2.24) is 0 Å². The standard InChI is InChI=1S/C14H20O3/c15-10(9-2-4-12-14(7-9)17-12)5-8-1-3-11-13(6-8)16-11/h8-9,11-14H,1-7H2. The molecule has 2 saturated carbocycles. The van der Waals surface area contributed by atoms with Crippen LogP contribution in [-0.4, -0.2) is 30.2 Å². The maximum absolute atomic E-state index is 12.3. The van der Waals surface area contributed by atoms with Crippen molar-refractivity contribution in [3.8, 4) is 0 Å². The lowest BCUT2D eigenvalue weighted by Gasteiger charge is -2.22. The van der Waals surface area contributed by atoms with Crippen LogP contribution in [0, 0.1) is 11.8 Å². The number of epoxide rings is 2. The second kappa shape index (κ2) is 3.79. The molecule has 94 valence electrons. The van der Waals surface area contributed by atoms with E-state index in [2.05, 4.69) is 0 Å². The minimum absolute atomic E-state index is 0.302. The molecule has 0 aromatic heterocycles. The number of fused-ring (bicyclic) bond motifs is 2. The summed E-state index contributed by atoms with van der Waals surface area (Å²) in [4.78, 5) is 12.3. The topological polar surface area (TPSA) is 42.1 Å². The third-order valence-corrected chi connectivity index (χ3v) is 5.06. The zero-order valence-corrected chi connectivity index (χ0v) is 10.1. The van der Waals surface area contributed by atoms with E-state index in [4.69, 9.17) is 9.47 Å². The van der Waals surface area contributed by atoms with E-state index >= 15 is 0 Å². The Balaban J connectivity index is 1.30. The average Bonchev–Trinajstić information content (AvgIpc) is 3.22. The summed E-state index contributed by atoms with van der Waals surface area (Å²) in [7, 11) is 0. The van der Waals surface area contributed by atoms with Crippen LogP contribution in [0.1, 0.15) is 44.9 Å². The number of hydrogen-bond acceptors (Lipinski definition) is 3. The van der Waals surface area contributed by atoms with E-state index < -0.39 is 0 Å². The van der Waals surface area contributed by atoms with E-state index in [1.54, 1.807) is 0 Å². The molecule has 0 N–H and O–H groups in total. The first-order valence-electron chi connectivity index (χ1n) is 7.13. The highest BCUT2D eigenvalue weighted by molar-refractivity contribution is 5.81. The van der Waals surface area contributed by atoms with E-state index in [0.717, 1.165) is 32.1 Å². The molecule has 0 radical (unpaired) electrons. The molecule has 2 aliphatic carbocycles. The fourth-order valence-corrected chi connectivity index (χ4v) is 3.82. The van der Waals surface area contributed by atoms with Crippen molar-refractivity contribution in [2.45, 2.75) is 69.4 Å². The molecule has 2 saturated heterocycles. The molecule has 6 atom stereocenters. The van der Waals surface area contributed by atoms with Crippen molar-refractivity contribution in [3.05, 3.63) is 0 Å². The predicted molar refractivity (Wildman–Crippen MR) is 61.6 cm³/mol. The van der Waals surface area contributed by atoms with Crippen LogP contribution >= 0.6 is 0 Å². The number of ketones is 1. The summed E-state index contributed by atoms with van der Waals surface area (Å²) in [5.41, 5.74) is 0. The molecule has 6 unspecified atom stereocenters. The largest absolute Gasteiger partial charge is 0.370 e. The van der Waals surface area contributed by atoms with E-state index in [0.29, 0.717) is 42.0 Å². The zero-order chi connectivity index (χ0) is 11.4. The monoisotopic (exact) mass is 236 g/mol. The van der Waals surface area contributed by atoms with Crippen molar-refractivity contribution in [1.29, 1.82) is 0 Å². The minimum atomic E-state index is 0.302. The lowest BCUT2D eigenvalue weighted by molar-refractivity contribution is -0.124. The molecular formula is C14H20O3. The smallest absolute Gasteiger partial charge is 0.136 e. The summed E-state index contributed by atoms with van der Waals surface area (Å²) in [6.45, 7) is 0. The molecule has 3 nitrogen and oxygen atoms in total. The molecule has 0 amide bonds. The quantitative estimate of drug-likeness (QED) is 0.704. The Morgan fingerprint density at radius 1 is 0.882 bits per heavy atom. The van der Waals surface area contributed by atoms with Gasteiger partial charge in [-0.2, -0.15) is 0 Å². The van der Waals surface area contributed by atoms with Gasteiger partial charge >= 0.3 is 0 Å². The molecule has 3 heteroatoms. The van der Waals surface area contributed by atoms with Crippen LogP contribution in [0.15, 0.2) is 0 Å². The van der Waals surface area contributed by atoms with E-state index in [1.165, 1.54) is 12.8 Å². The molecule has 0 spiro atoms. The van der Waals surface area contributed by atoms with E-state index in [9.17, 15) is 4.79 Å². The first kappa shape index (κ1) is 10.5. The summed E-state index contributed by atoms with van der Waals surface area (Å²) in [5, 5.41) is 0. The van der Waals surface area contributed by atoms with Crippen LogP contribution in [0.4, 0.5) is 0 Å².